The molecule has 0 radical (unpaired) electrons. The second kappa shape index (κ2) is 9.02. The normalized spacial score (nSPS) is 22.3. The molecule has 2 fully saturated rings. The van der Waals surface area contributed by atoms with E-state index in [4.69, 9.17) is 9.73 Å². The average Bonchev–Trinajstić information content (AvgIpc) is 3.16. The Morgan fingerprint density at radius 1 is 1.26 bits per heavy atom. The van der Waals surface area contributed by atoms with Crippen LogP contribution in [0.3, 0.4) is 0 Å². The molecule has 2 aliphatic rings. The lowest BCUT2D eigenvalue weighted by atomic mass is 9.84. The molecule has 27 heavy (non-hydrogen) atoms. The van der Waals surface area contributed by atoms with Crippen molar-refractivity contribution in [2.45, 2.75) is 38.6 Å². The van der Waals surface area contributed by atoms with E-state index in [1.807, 2.05) is 12.1 Å². The SMILES string of the molecule is CCNC(=NCC(C)(C)c1ccccc1F)N1CCC(N2CCOCC2)C1. The molecule has 1 N–H and O–H groups in total. The Kier molecular flexibility index (Phi) is 6.71. The van der Waals surface area contributed by atoms with E-state index in [1.165, 1.54) is 6.07 Å². The van der Waals surface area contributed by atoms with Gasteiger partial charge < -0.3 is 15.0 Å². The molecular weight excluding hydrogens is 343 g/mol. The highest BCUT2D eigenvalue weighted by molar-refractivity contribution is 5.80. The topological polar surface area (TPSA) is 40.1 Å². The van der Waals surface area contributed by atoms with Crippen LogP contribution in [0.15, 0.2) is 29.3 Å². The van der Waals surface area contributed by atoms with Gasteiger partial charge in [0.2, 0.25) is 0 Å². The van der Waals surface area contributed by atoms with Crippen LogP contribution in [-0.4, -0.2) is 74.3 Å². The number of nitrogens with one attached hydrogen (secondary N) is 1. The Labute approximate surface area is 162 Å². The first-order chi connectivity index (χ1) is 13.0. The molecule has 6 heteroatoms. The van der Waals surface area contributed by atoms with Crippen LogP contribution in [0.5, 0.6) is 0 Å². The fourth-order valence-electron chi connectivity index (χ4n) is 3.97. The highest BCUT2D eigenvalue weighted by Gasteiger charge is 2.31. The third-order valence-corrected chi connectivity index (χ3v) is 5.59. The molecule has 150 valence electrons. The molecule has 2 aliphatic heterocycles. The maximum atomic E-state index is 14.2. The van der Waals surface area contributed by atoms with Gasteiger partial charge in [-0.25, -0.2) is 4.39 Å². The van der Waals surface area contributed by atoms with Gasteiger partial charge in [0.15, 0.2) is 5.96 Å². The average molecular weight is 377 g/mol. The first-order valence-corrected chi connectivity index (χ1v) is 10.1. The minimum atomic E-state index is -0.352. The maximum absolute atomic E-state index is 14.2. The first kappa shape index (κ1) is 20.1. The summed E-state index contributed by atoms with van der Waals surface area (Å²) < 4.78 is 19.7. The number of halogens is 1. The monoisotopic (exact) mass is 376 g/mol. The van der Waals surface area contributed by atoms with Crippen molar-refractivity contribution in [2.75, 3.05) is 52.5 Å². The summed E-state index contributed by atoms with van der Waals surface area (Å²) >= 11 is 0. The number of benzene rings is 1. The predicted octanol–water partition coefficient (Wildman–Crippen LogP) is 2.48. The van der Waals surface area contributed by atoms with Crippen LogP contribution >= 0.6 is 0 Å². The lowest BCUT2D eigenvalue weighted by Gasteiger charge is -2.32. The number of morpholine rings is 1. The zero-order valence-electron chi connectivity index (χ0n) is 16.9. The summed E-state index contributed by atoms with van der Waals surface area (Å²) in [6.07, 6.45) is 1.15. The fourth-order valence-corrected chi connectivity index (χ4v) is 3.97. The van der Waals surface area contributed by atoms with Gasteiger partial charge in [0.25, 0.3) is 0 Å². The number of guanidine groups is 1. The van der Waals surface area contributed by atoms with Crippen LogP contribution < -0.4 is 5.32 Å². The van der Waals surface area contributed by atoms with E-state index in [2.05, 4.69) is 35.9 Å². The smallest absolute Gasteiger partial charge is 0.193 e. The van der Waals surface area contributed by atoms with Gasteiger partial charge in [-0.05, 0) is 25.0 Å². The summed E-state index contributed by atoms with van der Waals surface area (Å²) in [7, 11) is 0. The Hall–Kier alpha value is -1.66. The summed E-state index contributed by atoms with van der Waals surface area (Å²) in [4.78, 5) is 9.77. The highest BCUT2D eigenvalue weighted by Crippen LogP contribution is 2.26. The van der Waals surface area contributed by atoms with Crippen molar-refractivity contribution >= 4 is 5.96 Å². The summed E-state index contributed by atoms with van der Waals surface area (Å²) in [6, 6.07) is 7.58. The zero-order valence-corrected chi connectivity index (χ0v) is 16.9. The van der Waals surface area contributed by atoms with Crippen molar-refractivity contribution in [1.82, 2.24) is 15.1 Å². The van der Waals surface area contributed by atoms with Gasteiger partial charge in [0.1, 0.15) is 5.82 Å². The Morgan fingerprint density at radius 3 is 2.70 bits per heavy atom. The second-order valence-corrected chi connectivity index (χ2v) is 8.07. The van der Waals surface area contributed by atoms with E-state index >= 15 is 0 Å². The van der Waals surface area contributed by atoms with Crippen LogP contribution in [0.4, 0.5) is 4.39 Å². The highest BCUT2D eigenvalue weighted by atomic mass is 19.1. The minimum Gasteiger partial charge on any atom is -0.379 e. The van der Waals surface area contributed by atoms with E-state index in [0.717, 1.165) is 63.9 Å². The summed E-state index contributed by atoms with van der Waals surface area (Å²) in [5, 5.41) is 3.43. The summed E-state index contributed by atoms with van der Waals surface area (Å²) in [5.74, 6) is 0.786. The fraction of sp³-hybridized carbons (Fsp3) is 0.667. The number of ether oxygens (including phenoxy) is 1. The largest absolute Gasteiger partial charge is 0.379 e. The molecule has 2 heterocycles. The summed E-state index contributed by atoms with van der Waals surface area (Å²) in [5.41, 5.74) is 0.368. The molecular formula is C21H33FN4O. The third-order valence-electron chi connectivity index (χ3n) is 5.59. The van der Waals surface area contributed by atoms with Crippen LogP contribution in [0.2, 0.25) is 0 Å². The van der Waals surface area contributed by atoms with Crippen molar-refractivity contribution < 1.29 is 9.13 Å². The van der Waals surface area contributed by atoms with Gasteiger partial charge >= 0.3 is 0 Å². The van der Waals surface area contributed by atoms with Crippen molar-refractivity contribution in [2.24, 2.45) is 4.99 Å². The van der Waals surface area contributed by atoms with Crippen molar-refractivity contribution in [3.63, 3.8) is 0 Å². The third kappa shape index (κ3) is 4.99. The molecule has 0 aliphatic carbocycles. The van der Waals surface area contributed by atoms with Crippen LogP contribution in [0, 0.1) is 5.82 Å². The van der Waals surface area contributed by atoms with Crippen LogP contribution in [0.1, 0.15) is 32.8 Å². The van der Waals surface area contributed by atoms with Crippen molar-refractivity contribution in [3.05, 3.63) is 35.6 Å². The number of hydrogen-bond donors (Lipinski definition) is 1. The van der Waals surface area contributed by atoms with E-state index < -0.39 is 0 Å². The number of aliphatic imine (C=N–C) groups is 1. The van der Waals surface area contributed by atoms with Crippen LogP contribution in [-0.2, 0) is 10.2 Å². The van der Waals surface area contributed by atoms with Crippen LogP contribution in [0.25, 0.3) is 0 Å². The molecule has 3 rings (SSSR count). The molecule has 2 saturated heterocycles. The lowest BCUT2D eigenvalue weighted by molar-refractivity contribution is 0.0195. The van der Waals surface area contributed by atoms with E-state index in [9.17, 15) is 4.39 Å². The van der Waals surface area contributed by atoms with E-state index in [0.29, 0.717) is 12.6 Å². The van der Waals surface area contributed by atoms with Crippen molar-refractivity contribution in [1.29, 1.82) is 0 Å². The quantitative estimate of drug-likeness (QED) is 0.633. The van der Waals surface area contributed by atoms with Gasteiger partial charge in [0, 0.05) is 44.2 Å². The Balaban J connectivity index is 1.67. The number of hydrogen-bond acceptors (Lipinski definition) is 3. The number of nitrogens with zero attached hydrogens (tertiary/aromatic N) is 3. The maximum Gasteiger partial charge on any atom is 0.193 e. The molecule has 0 amide bonds. The second-order valence-electron chi connectivity index (χ2n) is 8.07. The van der Waals surface area contributed by atoms with Gasteiger partial charge in [-0.15, -0.1) is 0 Å². The zero-order chi connectivity index (χ0) is 19.3. The number of likely N-dealkylation sites (tertiary alicyclic amines) is 1. The van der Waals surface area contributed by atoms with Gasteiger partial charge in [0.05, 0.1) is 19.8 Å². The molecule has 5 nitrogen and oxygen atoms in total. The molecule has 0 bridgehead atoms. The molecule has 0 spiro atoms. The molecule has 0 saturated carbocycles. The lowest BCUT2D eigenvalue weighted by Crippen LogP contribution is -2.47. The van der Waals surface area contributed by atoms with Gasteiger partial charge in [-0.1, -0.05) is 32.0 Å². The predicted molar refractivity (Wildman–Crippen MR) is 108 cm³/mol. The number of rotatable bonds is 5. The molecule has 1 aromatic rings. The summed E-state index contributed by atoms with van der Waals surface area (Å²) in [6.45, 7) is 13.3. The van der Waals surface area contributed by atoms with Gasteiger partial charge in [-0.2, -0.15) is 0 Å². The van der Waals surface area contributed by atoms with Crippen molar-refractivity contribution in [3.8, 4) is 0 Å². The van der Waals surface area contributed by atoms with Gasteiger partial charge in [-0.3, -0.25) is 9.89 Å². The molecule has 1 aromatic carbocycles. The molecule has 0 aromatic heterocycles. The van der Waals surface area contributed by atoms with E-state index in [1.54, 1.807) is 6.07 Å². The minimum absolute atomic E-state index is 0.156. The Bertz CT molecular complexity index is 643. The van der Waals surface area contributed by atoms with E-state index in [-0.39, 0.29) is 11.2 Å². The first-order valence-electron chi connectivity index (χ1n) is 10.1. The molecule has 1 atom stereocenters. The molecule has 1 unspecified atom stereocenters. The standard InChI is InChI=1S/C21H33FN4O/c1-4-23-20(24-16-21(2,3)18-7-5-6-8-19(18)22)26-10-9-17(15-26)25-11-13-27-14-12-25/h5-8,17H,4,9-16H2,1-3H3,(H,23,24). The Morgan fingerprint density at radius 2 is 2.00 bits per heavy atom.